The fourth-order valence-corrected chi connectivity index (χ4v) is 4.18. The predicted octanol–water partition coefficient (Wildman–Crippen LogP) is 10.3. The van der Waals surface area contributed by atoms with Gasteiger partial charge in [-0.15, -0.1) is 37.2 Å². The maximum Gasteiger partial charge on any atom is 0.209 e. The number of carbonyl (C=O) groups is 1. The summed E-state index contributed by atoms with van der Waals surface area (Å²) in [6.07, 6.45) is 31.2. The van der Waals surface area contributed by atoms with Crippen molar-refractivity contribution in [2.24, 2.45) is 0 Å². The largest absolute Gasteiger partial charge is 0.345 e. The minimum absolute atomic E-state index is 0. The lowest BCUT2D eigenvalue weighted by molar-refractivity contribution is -0.118. The van der Waals surface area contributed by atoms with E-state index >= 15 is 0 Å². The fourth-order valence-electron chi connectivity index (χ4n) is 4.18. The van der Waals surface area contributed by atoms with Crippen molar-refractivity contribution >= 4 is 43.6 Å². The van der Waals surface area contributed by atoms with Gasteiger partial charge in [-0.1, -0.05) is 142 Å². The summed E-state index contributed by atoms with van der Waals surface area (Å²) >= 11 is 0. The number of carbonyl (C=O) groups excluding carboxylic acids is 1. The second kappa shape index (κ2) is 35.9. The third kappa shape index (κ3) is 32.5. The van der Waals surface area contributed by atoms with Crippen LogP contribution in [-0.4, -0.2) is 24.4 Å². The number of amides is 1. The van der Waals surface area contributed by atoms with Crippen molar-refractivity contribution in [1.29, 1.82) is 0 Å². The van der Waals surface area contributed by atoms with Crippen LogP contribution in [-0.2, 0) is 4.79 Å². The molecule has 0 spiro atoms. The third-order valence-corrected chi connectivity index (χ3v) is 6.25. The minimum atomic E-state index is 0. The summed E-state index contributed by atoms with van der Waals surface area (Å²) in [5, 5.41) is 0. The number of unbranched alkanes of at least 4 members (excludes halogenated alkanes) is 20. The molecule has 0 saturated heterocycles. The van der Waals surface area contributed by atoms with Crippen molar-refractivity contribution in [1.82, 2.24) is 4.90 Å². The van der Waals surface area contributed by atoms with E-state index in [1.165, 1.54) is 141 Å². The second-order valence-electron chi connectivity index (χ2n) is 9.21. The molecule has 0 rings (SSSR count). The van der Waals surface area contributed by atoms with Gasteiger partial charge in [-0.05, 0) is 12.8 Å². The first-order valence-electron chi connectivity index (χ1n) is 13.5. The smallest absolute Gasteiger partial charge is 0.209 e. The molecular weight excluding hydrogens is 461 g/mol. The molecule has 0 radical (unpaired) electrons. The molecule has 0 aromatic heterocycles. The molecule has 0 aromatic carbocycles. The number of rotatable bonds is 25. The first-order valence-corrected chi connectivity index (χ1v) is 13.5. The van der Waals surface area contributed by atoms with E-state index in [-0.39, 0.29) is 37.2 Å². The summed E-state index contributed by atoms with van der Waals surface area (Å²) in [5.41, 5.74) is 0. The van der Waals surface area contributed by atoms with E-state index in [2.05, 4.69) is 13.8 Å². The number of halogens is 3. The third-order valence-electron chi connectivity index (χ3n) is 6.25. The maximum atomic E-state index is 11.3. The molecule has 0 aliphatic rings. The van der Waals surface area contributed by atoms with Crippen LogP contribution < -0.4 is 0 Å². The van der Waals surface area contributed by atoms with Crippen LogP contribution in [0.25, 0.3) is 0 Å². The van der Waals surface area contributed by atoms with Crippen molar-refractivity contribution in [2.45, 2.75) is 155 Å². The molecule has 0 N–H and O–H groups in total. The summed E-state index contributed by atoms with van der Waals surface area (Å²) in [7, 11) is 0. The summed E-state index contributed by atoms with van der Waals surface area (Å²) in [6, 6.07) is 0. The first kappa shape index (κ1) is 39.5. The lowest BCUT2D eigenvalue weighted by Crippen LogP contribution is -2.24. The zero-order valence-corrected chi connectivity index (χ0v) is 24.1. The Balaban J connectivity index is -0.00000131. The van der Waals surface area contributed by atoms with Gasteiger partial charge in [0.25, 0.3) is 0 Å². The highest BCUT2D eigenvalue weighted by Gasteiger charge is 2.01. The Kier molecular flexibility index (Phi) is 44.4. The van der Waals surface area contributed by atoms with Crippen molar-refractivity contribution in [3.05, 3.63) is 0 Å². The summed E-state index contributed by atoms with van der Waals surface area (Å²) < 4.78 is 0. The molecule has 0 aliphatic heterocycles. The van der Waals surface area contributed by atoms with E-state index in [1.807, 2.05) is 4.90 Å². The van der Waals surface area contributed by atoms with Crippen LogP contribution in [0.5, 0.6) is 0 Å². The molecule has 0 fully saturated rings. The van der Waals surface area contributed by atoms with E-state index in [1.54, 1.807) is 0 Å². The molecule has 32 heavy (non-hydrogen) atoms. The van der Waals surface area contributed by atoms with E-state index < -0.39 is 0 Å². The van der Waals surface area contributed by atoms with Gasteiger partial charge in [-0.25, -0.2) is 0 Å². The quantitative estimate of drug-likeness (QED) is 0.0869. The van der Waals surface area contributed by atoms with Crippen molar-refractivity contribution in [3.8, 4) is 0 Å². The Hall–Kier alpha value is 0.340. The molecule has 1 amide bonds. The van der Waals surface area contributed by atoms with Gasteiger partial charge in [-0.2, -0.15) is 0 Å². The molecule has 0 heterocycles. The lowest BCUT2D eigenvalue weighted by Gasteiger charge is -2.17. The van der Waals surface area contributed by atoms with E-state index in [0.29, 0.717) is 0 Å². The van der Waals surface area contributed by atoms with Crippen molar-refractivity contribution in [3.63, 3.8) is 0 Å². The second-order valence-corrected chi connectivity index (χ2v) is 9.21. The van der Waals surface area contributed by atoms with Gasteiger partial charge < -0.3 is 4.90 Å². The normalized spacial score (nSPS) is 10.1. The highest BCUT2D eigenvalue weighted by molar-refractivity contribution is 5.86. The molecule has 0 unspecified atom stereocenters. The van der Waals surface area contributed by atoms with Crippen LogP contribution in [0.4, 0.5) is 0 Å². The molecule has 0 atom stereocenters. The SMILES string of the molecule is CCCCCCCCCCCCCCN(C=O)CCCCCCCCCCCC.Cl.Cl.Cl. The Morgan fingerprint density at radius 1 is 0.406 bits per heavy atom. The topological polar surface area (TPSA) is 20.3 Å². The van der Waals surface area contributed by atoms with Gasteiger partial charge >= 0.3 is 0 Å². The van der Waals surface area contributed by atoms with Gasteiger partial charge in [0, 0.05) is 13.1 Å². The first-order chi connectivity index (χ1) is 14.3. The van der Waals surface area contributed by atoms with Crippen LogP contribution in [0.3, 0.4) is 0 Å². The minimum Gasteiger partial charge on any atom is -0.345 e. The molecule has 0 saturated carbocycles. The van der Waals surface area contributed by atoms with Gasteiger partial charge in [-0.3, -0.25) is 4.79 Å². The maximum absolute atomic E-state index is 11.3. The standard InChI is InChI=1S/C27H55NO.3ClH/c1-3-5-7-9-11-13-15-16-18-20-22-24-26-28(27-29)25-23-21-19-17-14-12-10-8-6-4-2;;;/h27H,3-26H2,1-2H3;3*1H. The number of hydrogen-bond acceptors (Lipinski definition) is 1. The van der Waals surface area contributed by atoms with Crippen LogP contribution in [0.15, 0.2) is 0 Å². The van der Waals surface area contributed by atoms with Crippen LogP contribution in [0, 0.1) is 0 Å². The zero-order valence-electron chi connectivity index (χ0n) is 21.6. The zero-order chi connectivity index (χ0) is 21.3. The Morgan fingerprint density at radius 2 is 0.625 bits per heavy atom. The average Bonchev–Trinajstić information content (AvgIpc) is 2.74. The van der Waals surface area contributed by atoms with E-state index in [4.69, 9.17) is 0 Å². The average molecular weight is 519 g/mol. The Morgan fingerprint density at radius 3 is 0.844 bits per heavy atom. The molecule has 5 heteroatoms. The van der Waals surface area contributed by atoms with Gasteiger partial charge in [0.2, 0.25) is 6.41 Å². The monoisotopic (exact) mass is 517 g/mol. The van der Waals surface area contributed by atoms with E-state index in [0.717, 1.165) is 19.5 Å². The van der Waals surface area contributed by atoms with Gasteiger partial charge in [0.15, 0.2) is 0 Å². The van der Waals surface area contributed by atoms with Crippen molar-refractivity contribution in [2.75, 3.05) is 13.1 Å². The van der Waals surface area contributed by atoms with Crippen molar-refractivity contribution < 1.29 is 4.79 Å². The predicted molar refractivity (Wildman–Crippen MR) is 152 cm³/mol. The summed E-state index contributed by atoms with van der Waals surface area (Å²) in [5.74, 6) is 0. The summed E-state index contributed by atoms with van der Waals surface area (Å²) in [6.45, 7) is 6.50. The van der Waals surface area contributed by atoms with Crippen LogP contribution in [0.1, 0.15) is 155 Å². The molecule has 2 nitrogen and oxygen atoms in total. The van der Waals surface area contributed by atoms with Crippen LogP contribution in [0.2, 0.25) is 0 Å². The molecule has 0 aliphatic carbocycles. The molecule has 0 bridgehead atoms. The molecular formula is C27H58Cl3NO. The van der Waals surface area contributed by atoms with Crippen LogP contribution >= 0.6 is 37.2 Å². The van der Waals surface area contributed by atoms with Gasteiger partial charge in [0.1, 0.15) is 0 Å². The fraction of sp³-hybridized carbons (Fsp3) is 0.963. The lowest BCUT2D eigenvalue weighted by atomic mass is 10.1. The van der Waals surface area contributed by atoms with Gasteiger partial charge in [0.05, 0.1) is 0 Å². The highest BCUT2D eigenvalue weighted by Crippen LogP contribution is 2.13. The number of hydrogen-bond donors (Lipinski definition) is 0. The summed E-state index contributed by atoms with van der Waals surface area (Å²) in [4.78, 5) is 13.3. The molecule has 0 aromatic rings. The Labute approximate surface area is 221 Å². The number of nitrogens with zero attached hydrogens (tertiary/aromatic N) is 1. The highest BCUT2D eigenvalue weighted by atomic mass is 35.5. The Bertz CT molecular complexity index is 319. The van der Waals surface area contributed by atoms with E-state index in [9.17, 15) is 4.79 Å². The molecule has 198 valence electrons.